The van der Waals surface area contributed by atoms with Crippen LogP contribution >= 0.6 is 0 Å². The van der Waals surface area contributed by atoms with E-state index in [1.807, 2.05) is 0 Å². The first-order valence-electron chi connectivity index (χ1n) is 22.6. The number of piperidine rings is 3. The van der Waals surface area contributed by atoms with Gasteiger partial charge in [0.05, 0.1) is 0 Å². The molecule has 6 saturated heterocycles. The van der Waals surface area contributed by atoms with E-state index in [1.165, 1.54) is 90.6 Å². The van der Waals surface area contributed by atoms with E-state index in [2.05, 4.69) is 119 Å². The molecule has 0 aromatic heterocycles. The van der Waals surface area contributed by atoms with Gasteiger partial charge in [-0.3, -0.25) is 19.6 Å². The quantitative estimate of drug-likeness (QED) is 0.258. The maximum Gasteiger partial charge on any atom is 0.109 e. The highest BCUT2D eigenvalue weighted by atomic mass is 16.3. The number of aliphatic hydroxyl groups excluding tert-OH is 3. The average molecular weight is 763 g/mol. The lowest BCUT2D eigenvalue weighted by molar-refractivity contribution is -0.146. The third-order valence-corrected chi connectivity index (χ3v) is 14.7. The third kappa shape index (κ3) is 11.9. The van der Waals surface area contributed by atoms with Crippen LogP contribution in [0, 0.1) is 34.0 Å². The van der Waals surface area contributed by atoms with Crippen LogP contribution < -0.4 is 0 Å². The second-order valence-corrected chi connectivity index (χ2v) is 21.8. The number of nitrogens with zero attached hydrogens (tertiary/aromatic N) is 6. The molecule has 4 atom stereocenters. The van der Waals surface area contributed by atoms with Crippen molar-refractivity contribution in [2.45, 2.75) is 178 Å². The summed E-state index contributed by atoms with van der Waals surface area (Å²) in [7, 11) is 0. The van der Waals surface area contributed by atoms with Gasteiger partial charge in [0.1, 0.15) is 18.7 Å². The first-order valence-corrected chi connectivity index (χ1v) is 22.6. The molecule has 0 amide bonds. The van der Waals surface area contributed by atoms with Gasteiger partial charge in [0, 0.05) is 63.4 Å². The normalized spacial score (nSPS) is 29.3. The molecule has 6 rings (SSSR count). The van der Waals surface area contributed by atoms with Crippen LogP contribution in [0.25, 0.3) is 0 Å². The first-order chi connectivity index (χ1) is 25.1. The summed E-state index contributed by atoms with van der Waals surface area (Å²) in [6.07, 6.45) is 9.69. The molecule has 0 radical (unpaired) electrons. The van der Waals surface area contributed by atoms with E-state index >= 15 is 0 Å². The first kappa shape index (κ1) is 46.3. The second-order valence-electron chi connectivity index (χ2n) is 21.8. The summed E-state index contributed by atoms with van der Waals surface area (Å²) in [6, 6.07) is 1.34. The van der Waals surface area contributed by atoms with E-state index in [1.54, 1.807) is 0 Å². The molecule has 6 heterocycles. The van der Waals surface area contributed by atoms with Crippen LogP contribution in [-0.4, -0.2) is 160 Å². The Labute approximate surface area is 334 Å². The molecule has 318 valence electrons. The third-order valence-electron chi connectivity index (χ3n) is 14.7. The molecule has 6 fully saturated rings. The van der Waals surface area contributed by atoms with Crippen LogP contribution in [0.2, 0.25) is 0 Å². The summed E-state index contributed by atoms with van der Waals surface area (Å²) in [5, 5.41) is 30.5. The number of rotatable bonds is 8. The van der Waals surface area contributed by atoms with E-state index < -0.39 is 0 Å². The minimum absolute atomic E-state index is 0.233. The Morgan fingerprint density at radius 2 is 0.722 bits per heavy atom. The summed E-state index contributed by atoms with van der Waals surface area (Å²) < 4.78 is 0. The van der Waals surface area contributed by atoms with Gasteiger partial charge in [-0.1, -0.05) is 41.5 Å². The van der Waals surface area contributed by atoms with Crippen molar-refractivity contribution in [2.24, 2.45) is 34.0 Å². The molecule has 9 nitrogen and oxygen atoms in total. The summed E-state index contributed by atoms with van der Waals surface area (Å²) >= 11 is 0. The highest BCUT2D eigenvalue weighted by Gasteiger charge is 2.48. The van der Waals surface area contributed by atoms with Crippen LogP contribution in [0.3, 0.4) is 0 Å². The molecule has 6 aliphatic rings. The Balaban J connectivity index is 0.000000181. The van der Waals surface area contributed by atoms with Gasteiger partial charge in [0.2, 0.25) is 0 Å². The molecule has 54 heavy (non-hydrogen) atoms. The van der Waals surface area contributed by atoms with Crippen LogP contribution in [0.4, 0.5) is 0 Å². The summed E-state index contributed by atoms with van der Waals surface area (Å²) in [4.78, 5) is 14.7. The van der Waals surface area contributed by atoms with Gasteiger partial charge in [-0.15, -0.1) is 0 Å². The molecule has 6 aliphatic heterocycles. The van der Waals surface area contributed by atoms with Gasteiger partial charge in [-0.2, -0.15) is 0 Å². The van der Waals surface area contributed by atoms with Crippen LogP contribution in [0.15, 0.2) is 0 Å². The minimum atomic E-state index is -0.251. The fraction of sp³-hybridized carbons (Fsp3) is 1.00. The average Bonchev–Trinajstić information content (AvgIpc) is 3.70. The summed E-state index contributed by atoms with van der Waals surface area (Å²) in [6.45, 7) is 42.7. The molecule has 4 unspecified atom stereocenters. The van der Waals surface area contributed by atoms with Crippen LogP contribution in [0.1, 0.15) is 141 Å². The molecule has 0 aromatic carbocycles. The molecule has 3 N–H and O–H groups in total. The van der Waals surface area contributed by atoms with Crippen molar-refractivity contribution >= 4 is 0 Å². The minimum Gasteiger partial charge on any atom is -0.378 e. The summed E-state index contributed by atoms with van der Waals surface area (Å²) in [5.41, 5.74) is 1.77. The van der Waals surface area contributed by atoms with Crippen molar-refractivity contribution in [3.05, 3.63) is 0 Å². The maximum atomic E-state index is 10.2. The zero-order chi connectivity index (χ0) is 40.2. The topological polar surface area (TPSA) is 80.1 Å². The zero-order valence-corrected chi connectivity index (χ0v) is 37.8. The van der Waals surface area contributed by atoms with E-state index in [0.29, 0.717) is 51.6 Å². The Morgan fingerprint density at radius 3 is 1.15 bits per heavy atom. The standard InChI is InChI=1S/C16H32N2O.C15H30N2O.C14H28N2O/c1-13(2)14(19)17-9-6-16(12-17)7-10-18(11-8-16)15(3,4)5;1-12(2)14(18)17-9-7-15(11-17)6-5-8-16(10-15)13(3)4;1-11(2)13(17)16-9-14(10-16)5-7-15(8-6-14)12(3)4/h13-14,19H,6-12H2,1-5H3;12-14,18H,5-11H2,1-4H3;11-13,17H,5-10H2,1-4H3. The SMILES string of the molecule is CC(C)C(O)N1CC2(CCN(C(C)C)CC2)C1.CC(C)C(O)N1CCC2(CCCN(C(C)C)C2)C1.CC(C)C(O)N1CCC2(CCN(C(C)(C)C)CC2)C1. The maximum absolute atomic E-state index is 10.2. The number of likely N-dealkylation sites (tertiary alicyclic amines) is 6. The zero-order valence-electron chi connectivity index (χ0n) is 37.8. The van der Waals surface area contributed by atoms with Crippen molar-refractivity contribution in [2.75, 3.05) is 78.5 Å². The Kier molecular flexibility index (Phi) is 16.4. The van der Waals surface area contributed by atoms with Gasteiger partial charge in [0.15, 0.2) is 0 Å². The molecule has 9 heteroatoms. The van der Waals surface area contributed by atoms with Crippen molar-refractivity contribution in [1.82, 2.24) is 29.4 Å². The van der Waals surface area contributed by atoms with E-state index in [-0.39, 0.29) is 18.7 Å². The lowest BCUT2D eigenvalue weighted by Crippen LogP contribution is -2.64. The molecular weight excluding hydrogens is 673 g/mol. The molecule has 0 saturated carbocycles. The molecule has 3 spiro atoms. The van der Waals surface area contributed by atoms with Crippen molar-refractivity contribution in [3.63, 3.8) is 0 Å². The van der Waals surface area contributed by atoms with E-state index in [0.717, 1.165) is 39.3 Å². The van der Waals surface area contributed by atoms with Gasteiger partial charge >= 0.3 is 0 Å². The van der Waals surface area contributed by atoms with Crippen molar-refractivity contribution in [1.29, 1.82) is 0 Å². The summed E-state index contributed by atoms with van der Waals surface area (Å²) in [5.74, 6) is 1.03. The van der Waals surface area contributed by atoms with E-state index in [4.69, 9.17) is 0 Å². The predicted octanol–water partition coefficient (Wildman–Crippen LogP) is 6.47. The van der Waals surface area contributed by atoms with E-state index in [9.17, 15) is 15.3 Å². The van der Waals surface area contributed by atoms with Gasteiger partial charge in [0.25, 0.3) is 0 Å². The molecule has 0 aromatic rings. The lowest BCUT2D eigenvalue weighted by Gasteiger charge is -2.56. The molecule has 0 aliphatic carbocycles. The smallest absolute Gasteiger partial charge is 0.109 e. The number of aliphatic hydroxyl groups is 3. The largest absolute Gasteiger partial charge is 0.378 e. The Morgan fingerprint density at radius 1 is 0.389 bits per heavy atom. The Hall–Kier alpha value is -0.360. The lowest BCUT2D eigenvalue weighted by atomic mass is 9.71. The van der Waals surface area contributed by atoms with Gasteiger partial charge in [-0.05, 0) is 167 Å². The molecule has 0 bridgehead atoms. The number of hydrogen-bond donors (Lipinski definition) is 3. The molecular formula is C45H90N6O3. The second kappa shape index (κ2) is 19.1. The predicted molar refractivity (Wildman–Crippen MR) is 226 cm³/mol. The fourth-order valence-corrected chi connectivity index (χ4v) is 10.6. The van der Waals surface area contributed by atoms with Gasteiger partial charge < -0.3 is 25.1 Å². The van der Waals surface area contributed by atoms with Crippen molar-refractivity contribution in [3.8, 4) is 0 Å². The highest BCUT2D eigenvalue weighted by Crippen LogP contribution is 2.44. The van der Waals surface area contributed by atoms with Crippen molar-refractivity contribution < 1.29 is 15.3 Å². The monoisotopic (exact) mass is 763 g/mol. The van der Waals surface area contributed by atoms with Crippen LogP contribution in [-0.2, 0) is 0 Å². The fourth-order valence-electron chi connectivity index (χ4n) is 10.6. The van der Waals surface area contributed by atoms with Gasteiger partial charge in [-0.25, -0.2) is 0 Å². The number of hydrogen-bond acceptors (Lipinski definition) is 9. The van der Waals surface area contributed by atoms with Crippen LogP contribution in [0.5, 0.6) is 0 Å². The highest BCUT2D eigenvalue weighted by molar-refractivity contribution is 5.00. The Bertz CT molecular complexity index is 1100.